The number of methoxy groups -OCH3 is 1. The number of carboxylic acids is 2. The zero-order chi connectivity index (χ0) is 18.7. The molecule has 25 heavy (non-hydrogen) atoms. The van der Waals surface area contributed by atoms with Crippen molar-refractivity contribution in [1.29, 1.82) is 0 Å². The van der Waals surface area contributed by atoms with Gasteiger partial charge in [0.15, 0.2) is 0 Å². The van der Waals surface area contributed by atoms with Gasteiger partial charge in [0, 0.05) is 11.6 Å². The number of aromatic carboxylic acids is 2. The van der Waals surface area contributed by atoms with Crippen molar-refractivity contribution in [3.8, 4) is 16.9 Å². The average molecular weight is 345 g/mol. The summed E-state index contributed by atoms with van der Waals surface area (Å²) >= 11 is 0. The van der Waals surface area contributed by atoms with E-state index in [1.807, 2.05) is 0 Å². The topological polar surface area (TPSA) is 127 Å². The lowest BCUT2D eigenvalue weighted by molar-refractivity contribution is -0.385. The minimum Gasteiger partial charge on any atom is -0.490 e. The van der Waals surface area contributed by atoms with Crippen LogP contribution in [0.3, 0.4) is 0 Å². The van der Waals surface area contributed by atoms with Crippen LogP contribution in [0.1, 0.15) is 33.2 Å². The van der Waals surface area contributed by atoms with Crippen molar-refractivity contribution in [3.63, 3.8) is 0 Å². The van der Waals surface area contributed by atoms with Crippen LogP contribution in [-0.2, 0) is 6.42 Å². The maximum Gasteiger partial charge on any atom is 0.336 e. The van der Waals surface area contributed by atoms with Crippen LogP contribution in [0.25, 0.3) is 11.1 Å². The fraction of sp³-hybridized carbons (Fsp3) is 0.176. The molecule has 2 aromatic carbocycles. The fourth-order valence-corrected chi connectivity index (χ4v) is 2.70. The third-order valence-corrected chi connectivity index (χ3v) is 3.77. The Kier molecular flexibility index (Phi) is 5.02. The Bertz CT molecular complexity index is 874. The van der Waals surface area contributed by atoms with E-state index < -0.39 is 16.9 Å². The fourth-order valence-electron chi connectivity index (χ4n) is 2.70. The summed E-state index contributed by atoms with van der Waals surface area (Å²) in [5, 5.41) is 29.9. The lowest BCUT2D eigenvalue weighted by atomic mass is 9.90. The second kappa shape index (κ2) is 7.00. The molecule has 130 valence electrons. The summed E-state index contributed by atoms with van der Waals surface area (Å²) in [7, 11) is 1.26. The first-order valence-electron chi connectivity index (χ1n) is 7.27. The molecular weight excluding hydrogens is 330 g/mol. The Balaban J connectivity index is 2.91. The van der Waals surface area contributed by atoms with Crippen LogP contribution in [0.15, 0.2) is 30.3 Å². The number of rotatable bonds is 6. The van der Waals surface area contributed by atoms with Crippen molar-refractivity contribution in [1.82, 2.24) is 0 Å². The Morgan fingerprint density at radius 2 is 1.84 bits per heavy atom. The van der Waals surface area contributed by atoms with Gasteiger partial charge in [0.25, 0.3) is 0 Å². The van der Waals surface area contributed by atoms with Crippen LogP contribution in [-0.4, -0.2) is 34.2 Å². The van der Waals surface area contributed by atoms with Gasteiger partial charge in [-0.2, -0.15) is 0 Å². The number of carboxylic acid groups (broad SMARTS) is 2. The van der Waals surface area contributed by atoms with Crippen LogP contribution < -0.4 is 4.74 Å². The first kappa shape index (κ1) is 17.9. The Hall–Kier alpha value is -3.42. The van der Waals surface area contributed by atoms with E-state index >= 15 is 0 Å². The number of nitrogens with zero attached hydrogens (tertiary/aromatic N) is 1. The summed E-state index contributed by atoms with van der Waals surface area (Å²) in [5.41, 5.74) is 0.236. The predicted octanol–water partition coefficient (Wildman–Crippen LogP) is 3.23. The summed E-state index contributed by atoms with van der Waals surface area (Å²) in [6.45, 7) is 1.72. The third kappa shape index (κ3) is 3.27. The Morgan fingerprint density at radius 1 is 1.16 bits per heavy atom. The molecule has 0 amide bonds. The molecule has 0 bridgehead atoms. The number of carbonyl (C=O) groups is 2. The molecule has 0 aromatic heterocycles. The average Bonchev–Trinajstić information content (AvgIpc) is 2.59. The van der Waals surface area contributed by atoms with Crippen LogP contribution in [0.4, 0.5) is 5.69 Å². The number of para-hydroxylation sites is 1. The number of nitro benzene ring substituents is 1. The molecule has 0 aliphatic heterocycles. The van der Waals surface area contributed by atoms with E-state index in [9.17, 15) is 29.9 Å². The molecule has 2 aromatic rings. The second-order valence-corrected chi connectivity index (χ2v) is 5.13. The molecule has 0 fully saturated rings. The molecule has 2 rings (SSSR count). The molecule has 2 N–H and O–H groups in total. The Labute approximate surface area is 142 Å². The summed E-state index contributed by atoms with van der Waals surface area (Å²) < 4.78 is 5.16. The highest BCUT2D eigenvalue weighted by atomic mass is 16.6. The molecule has 8 nitrogen and oxygen atoms in total. The van der Waals surface area contributed by atoms with Gasteiger partial charge < -0.3 is 14.9 Å². The van der Waals surface area contributed by atoms with Gasteiger partial charge >= 0.3 is 17.6 Å². The minimum atomic E-state index is -1.30. The van der Waals surface area contributed by atoms with Crippen LogP contribution in [0.5, 0.6) is 5.75 Å². The molecule has 0 radical (unpaired) electrons. The largest absolute Gasteiger partial charge is 0.490 e. The highest BCUT2D eigenvalue weighted by Crippen LogP contribution is 2.40. The van der Waals surface area contributed by atoms with E-state index in [2.05, 4.69) is 0 Å². The minimum absolute atomic E-state index is 0.0546. The molecule has 0 atom stereocenters. The van der Waals surface area contributed by atoms with Gasteiger partial charge in [0.1, 0.15) is 0 Å². The molecule has 0 saturated heterocycles. The summed E-state index contributed by atoms with van der Waals surface area (Å²) in [4.78, 5) is 33.5. The monoisotopic (exact) mass is 345 g/mol. The van der Waals surface area contributed by atoms with Gasteiger partial charge in [-0.1, -0.05) is 19.1 Å². The standard InChI is InChI=1S/C17H15NO7/c1-3-10-12(7-9(16(19)20)8-13(10)17(21)22)11-5-4-6-14(18(23)24)15(11)25-2/h4-8H,3H2,1-2H3,(H,19,20)(H,21,22). The first-order valence-corrected chi connectivity index (χ1v) is 7.27. The number of hydrogen-bond acceptors (Lipinski definition) is 5. The normalized spacial score (nSPS) is 10.3. The predicted molar refractivity (Wildman–Crippen MR) is 88.4 cm³/mol. The lowest BCUT2D eigenvalue weighted by Crippen LogP contribution is -2.08. The molecule has 8 heteroatoms. The summed E-state index contributed by atoms with van der Waals surface area (Å²) in [6.07, 6.45) is 0.294. The van der Waals surface area contributed by atoms with Crippen molar-refractivity contribution in [2.45, 2.75) is 13.3 Å². The van der Waals surface area contributed by atoms with E-state index in [4.69, 9.17) is 4.74 Å². The zero-order valence-electron chi connectivity index (χ0n) is 13.5. The highest BCUT2D eigenvalue weighted by molar-refractivity contribution is 5.98. The maximum absolute atomic E-state index is 11.5. The molecule has 0 saturated carbocycles. The van der Waals surface area contributed by atoms with E-state index in [0.29, 0.717) is 12.0 Å². The molecular formula is C17H15NO7. The summed E-state index contributed by atoms with van der Waals surface area (Å²) in [6, 6.07) is 6.60. The van der Waals surface area contributed by atoms with Crippen LogP contribution in [0.2, 0.25) is 0 Å². The molecule has 0 aliphatic rings. The van der Waals surface area contributed by atoms with Crippen molar-refractivity contribution in [3.05, 3.63) is 57.1 Å². The van der Waals surface area contributed by atoms with Crippen molar-refractivity contribution in [2.75, 3.05) is 7.11 Å². The van der Waals surface area contributed by atoms with E-state index in [1.165, 1.54) is 31.4 Å². The van der Waals surface area contributed by atoms with E-state index in [-0.39, 0.29) is 33.7 Å². The molecule has 0 unspecified atom stereocenters. The Morgan fingerprint density at radius 3 is 2.32 bits per heavy atom. The number of ether oxygens (including phenoxy) is 1. The highest BCUT2D eigenvalue weighted by Gasteiger charge is 2.24. The van der Waals surface area contributed by atoms with Gasteiger partial charge in [-0.3, -0.25) is 10.1 Å². The van der Waals surface area contributed by atoms with E-state index in [0.717, 1.165) is 6.07 Å². The SMILES string of the molecule is CCc1c(C(=O)O)cc(C(=O)O)cc1-c1cccc([N+](=O)[O-])c1OC. The molecule has 0 heterocycles. The van der Waals surface area contributed by atoms with Crippen molar-refractivity contribution < 1.29 is 29.5 Å². The van der Waals surface area contributed by atoms with Gasteiger partial charge in [0.05, 0.1) is 23.2 Å². The van der Waals surface area contributed by atoms with Crippen LogP contribution in [0, 0.1) is 10.1 Å². The summed E-state index contributed by atoms with van der Waals surface area (Å²) in [5.74, 6) is -2.62. The molecule has 0 aliphatic carbocycles. The van der Waals surface area contributed by atoms with E-state index in [1.54, 1.807) is 6.92 Å². The number of benzene rings is 2. The van der Waals surface area contributed by atoms with Gasteiger partial charge in [-0.25, -0.2) is 9.59 Å². The van der Waals surface area contributed by atoms with Gasteiger partial charge in [-0.15, -0.1) is 0 Å². The molecule has 0 spiro atoms. The number of hydrogen-bond donors (Lipinski definition) is 2. The second-order valence-electron chi connectivity index (χ2n) is 5.13. The van der Waals surface area contributed by atoms with Crippen molar-refractivity contribution in [2.24, 2.45) is 0 Å². The number of nitro groups is 1. The quantitative estimate of drug-likeness (QED) is 0.607. The van der Waals surface area contributed by atoms with Crippen LogP contribution >= 0.6 is 0 Å². The van der Waals surface area contributed by atoms with Crippen molar-refractivity contribution >= 4 is 17.6 Å². The zero-order valence-corrected chi connectivity index (χ0v) is 13.5. The lowest BCUT2D eigenvalue weighted by Gasteiger charge is -2.15. The maximum atomic E-state index is 11.5. The van der Waals surface area contributed by atoms with Gasteiger partial charge in [-0.05, 0) is 29.7 Å². The first-order chi connectivity index (χ1) is 11.8. The third-order valence-electron chi connectivity index (χ3n) is 3.77. The van der Waals surface area contributed by atoms with Gasteiger partial charge in [0.2, 0.25) is 5.75 Å². The smallest absolute Gasteiger partial charge is 0.336 e.